The minimum atomic E-state index is -0.960. The van der Waals surface area contributed by atoms with E-state index in [-0.39, 0.29) is 0 Å². The van der Waals surface area contributed by atoms with Crippen molar-refractivity contribution in [2.75, 3.05) is 59.1 Å². The van der Waals surface area contributed by atoms with Crippen molar-refractivity contribution in [3.05, 3.63) is 23.3 Å². The number of methoxy groups -OCH3 is 1. The van der Waals surface area contributed by atoms with E-state index < -0.39 is 10.8 Å². The lowest BCUT2D eigenvalue weighted by Gasteiger charge is -2.17. The molecule has 0 saturated heterocycles. The Bertz CT molecular complexity index is 748. The Hall–Kier alpha value is -0.860. The standard InChI is InChI=1S/C32H57ClO6S/c1-4-6-8-10-12-13-15-17-38-31-26-30(28-40(34)24-16-14-11-9-7-5-2)32(25-29(31)27-33)39-23-22-37-21-20-36-19-18-35-3/h25-26H,4-24,27-28H2,1-3H3. The maximum absolute atomic E-state index is 13.0. The van der Waals surface area contributed by atoms with Crippen LogP contribution in [0.2, 0.25) is 0 Å². The van der Waals surface area contributed by atoms with Crippen LogP contribution in [0.3, 0.4) is 0 Å². The minimum absolute atomic E-state index is 0.332. The summed E-state index contributed by atoms with van der Waals surface area (Å²) < 4.78 is 41.3. The molecular formula is C32H57ClO6S. The molecule has 0 aromatic heterocycles. The molecule has 0 amide bonds. The van der Waals surface area contributed by atoms with Gasteiger partial charge in [0.05, 0.1) is 51.3 Å². The van der Waals surface area contributed by atoms with Crippen molar-refractivity contribution < 1.29 is 27.9 Å². The molecule has 0 bridgehead atoms. The Balaban J connectivity index is 2.67. The van der Waals surface area contributed by atoms with Crippen molar-refractivity contribution in [2.45, 2.75) is 109 Å². The Kier molecular flexibility index (Phi) is 25.1. The van der Waals surface area contributed by atoms with Crippen LogP contribution in [-0.4, -0.2) is 63.3 Å². The largest absolute Gasteiger partial charge is 0.493 e. The first kappa shape index (κ1) is 37.2. The van der Waals surface area contributed by atoms with Gasteiger partial charge in [-0.15, -0.1) is 11.6 Å². The second-order valence-corrected chi connectivity index (χ2v) is 12.1. The third-order valence-corrected chi connectivity index (χ3v) is 8.39. The third kappa shape index (κ3) is 19.3. The van der Waals surface area contributed by atoms with E-state index in [4.69, 9.17) is 35.3 Å². The zero-order chi connectivity index (χ0) is 29.1. The Morgan fingerprint density at radius 2 is 1.12 bits per heavy atom. The molecule has 0 fully saturated rings. The number of hydrogen-bond donors (Lipinski definition) is 0. The molecule has 1 rings (SSSR count). The summed E-state index contributed by atoms with van der Waals surface area (Å²) in [6.45, 7) is 8.13. The molecular weight excluding hydrogens is 548 g/mol. The van der Waals surface area contributed by atoms with E-state index in [1.54, 1.807) is 7.11 Å². The van der Waals surface area contributed by atoms with Gasteiger partial charge in [-0.2, -0.15) is 0 Å². The molecule has 1 aromatic rings. The molecule has 40 heavy (non-hydrogen) atoms. The van der Waals surface area contributed by atoms with E-state index in [1.165, 1.54) is 64.2 Å². The van der Waals surface area contributed by atoms with Crippen LogP contribution in [0.15, 0.2) is 12.1 Å². The van der Waals surface area contributed by atoms with Gasteiger partial charge in [-0.1, -0.05) is 84.5 Å². The zero-order valence-corrected chi connectivity index (χ0v) is 27.2. The highest BCUT2D eigenvalue weighted by Gasteiger charge is 2.15. The summed E-state index contributed by atoms with van der Waals surface area (Å²) in [6, 6.07) is 3.95. The van der Waals surface area contributed by atoms with Crippen molar-refractivity contribution >= 4 is 22.4 Å². The number of halogens is 1. The van der Waals surface area contributed by atoms with Gasteiger partial charge in [0.1, 0.15) is 18.1 Å². The molecule has 0 saturated carbocycles. The Labute approximate surface area is 252 Å². The monoisotopic (exact) mass is 604 g/mol. The summed E-state index contributed by atoms with van der Waals surface area (Å²) in [6.07, 6.45) is 15.8. The molecule has 0 aliphatic rings. The first-order valence-electron chi connectivity index (χ1n) is 15.6. The van der Waals surface area contributed by atoms with Gasteiger partial charge >= 0.3 is 0 Å². The molecule has 234 valence electrons. The lowest BCUT2D eigenvalue weighted by molar-refractivity contribution is 0.0179. The highest BCUT2D eigenvalue weighted by atomic mass is 35.5. The molecule has 1 aromatic carbocycles. The van der Waals surface area contributed by atoms with E-state index in [9.17, 15) is 4.21 Å². The van der Waals surface area contributed by atoms with E-state index in [0.717, 1.165) is 41.9 Å². The molecule has 0 aliphatic carbocycles. The molecule has 0 aliphatic heterocycles. The first-order chi connectivity index (χ1) is 19.7. The zero-order valence-electron chi connectivity index (χ0n) is 25.7. The normalized spacial score (nSPS) is 12.1. The minimum Gasteiger partial charge on any atom is -0.493 e. The molecule has 0 N–H and O–H groups in total. The van der Waals surface area contributed by atoms with Crippen LogP contribution in [0.4, 0.5) is 0 Å². The van der Waals surface area contributed by atoms with Crippen LogP contribution in [0, 0.1) is 0 Å². The number of unbranched alkanes of at least 4 members (excludes halogenated alkanes) is 11. The van der Waals surface area contributed by atoms with Crippen molar-refractivity contribution in [3.63, 3.8) is 0 Å². The predicted molar refractivity (Wildman–Crippen MR) is 169 cm³/mol. The number of benzene rings is 1. The molecule has 1 atom stereocenters. The van der Waals surface area contributed by atoms with Gasteiger partial charge in [-0.25, -0.2) is 0 Å². The Morgan fingerprint density at radius 1 is 0.625 bits per heavy atom. The summed E-state index contributed by atoms with van der Waals surface area (Å²) in [5.41, 5.74) is 1.81. The van der Waals surface area contributed by atoms with Gasteiger partial charge in [0.25, 0.3) is 0 Å². The van der Waals surface area contributed by atoms with Gasteiger partial charge in [-0.3, -0.25) is 4.21 Å². The van der Waals surface area contributed by atoms with Crippen LogP contribution in [-0.2, 0) is 36.6 Å². The summed E-state index contributed by atoms with van der Waals surface area (Å²) in [4.78, 5) is 0. The lowest BCUT2D eigenvalue weighted by Crippen LogP contribution is -2.13. The van der Waals surface area contributed by atoms with Gasteiger partial charge in [-0.05, 0) is 25.0 Å². The van der Waals surface area contributed by atoms with Crippen LogP contribution >= 0.6 is 11.6 Å². The van der Waals surface area contributed by atoms with Crippen molar-refractivity contribution in [1.82, 2.24) is 0 Å². The number of hydrogen-bond acceptors (Lipinski definition) is 6. The van der Waals surface area contributed by atoms with Crippen LogP contribution < -0.4 is 9.47 Å². The number of alkyl halides is 1. The highest BCUT2D eigenvalue weighted by Crippen LogP contribution is 2.32. The highest BCUT2D eigenvalue weighted by molar-refractivity contribution is 7.84. The molecule has 0 spiro atoms. The van der Waals surface area contributed by atoms with Gasteiger partial charge in [0.2, 0.25) is 0 Å². The van der Waals surface area contributed by atoms with Crippen molar-refractivity contribution in [1.29, 1.82) is 0 Å². The Morgan fingerprint density at radius 3 is 1.75 bits per heavy atom. The maximum Gasteiger partial charge on any atom is 0.124 e. The van der Waals surface area contributed by atoms with Crippen LogP contribution in [0.5, 0.6) is 11.5 Å². The fourth-order valence-electron chi connectivity index (χ4n) is 4.34. The van der Waals surface area contributed by atoms with E-state index in [0.29, 0.717) is 63.6 Å². The molecule has 8 heteroatoms. The second kappa shape index (κ2) is 27.0. The third-order valence-electron chi connectivity index (χ3n) is 6.72. The quantitative estimate of drug-likeness (QED) is 0.0678. The van der Waals surface area contributed by atoms with Crippen LogP contribution in [0.25, 0.3) is 0 Å². The van der Waals surface area contributed by atoms with Gasteiger partial charge in [0, 0.05) is 34.8 Å². The number of rotatable bonds is 29. The van der Waals surface area contributed by atoms with Crippen molar-refractivity contribution in [2.24, 2.45) is 0 Å². The second-order valence-electron chi connectivity index (χ2n) is 10.3. The number of ether oxygens (including phenoxy) is 5. The topological polar surface area (TPSA) is 63.2 Å². The van der Waals surface area contributed by atoms with Gasteiger partial charge < -0.3 is 23.7 Å². The van der Waals surface area contributed by atoms with Gasteiger partial charge in [0.15, 0.2) is 0 Å². The fourth-order valence-corrected chi connectivity index (χ4v) is 5.79. The summed E-state index contributed by atoms with van der Waals surface area (Å²) >= 11 is 6.31. The molecule has 1 unspecified atom stereocenters. The van der Waals surface area contributed by atoms with Crippen LogP contribution in [0.1, 0.15) is 108 Å². The molecule has 6 nitrogen and oxygen atoms in total. The first-order valence-corrected chi connectivity index (χ1v) is 17.6. The molecule has 0 radical (unpaired) electrons. The smallest absolute Gasteiger partial charge is 0.124 e. The predicted octanol–water partition coefficient (Wildman–Crippen LogP) is 8.22. The summed E-state index contributed by atoms with van der Waals surface area (Å²) in [7, 11) is 0.694. The average Bonchev–Trinajstić information content (AvgIpc) is 2.96. The molecule has 0 heterocycles. The van der Waals surface area contributed by atoms with E-state index in [1.807, 2.05) is 12.1 Å². The maximum atomic E-state index is 13.0. The summed E-state index contributed by atoms with van der Waals surface area (Å²) in [5, 5.41) is 0. The van der Waals surface area contributed by atoms with Crippen molar-refractivity contribution in [3.8, 4) is 11.5 Å². The van der Waals surface area contributed by atoms with E-state index >= 15 is 0 Å². The van der Waals surface area contributed by atoms with E-state index in [2.05, 4.69) is 13.8 Å². The SMILES string of the molecule is CCCCCCCCCOc1cc(CS(=O)CCCCCCCC)c(OCCOCCOCCOC)cc1CCl. The summed E-state index contributed by atoms with van der Waals surface area (Å²) in [5.74, 6) is 3.00. The lowest BCUT2D eigenvalue weighted by atomic mass is 10.1. The fraction of sp³-hybridized carbons (Fsp3) is 0.812. The average molecular weight is 605 g/mol.